The van der Waals surface area contributed by atoms with Crippen molar-refractivity contribution in [3.63, 3.8) is 0 Å². The first kappa shape index (κ1) is 19.4. The SMILES string of the molecule is COC(=O)Cn1c(=NC(=O)c2cccc(SC)c2)sc2c(C)cc(C)cc21. The maximum absolute atomic E-state index is 12.7. The topological polar surface area (TPSA) is 60.7 Å². The van der Waals surface area contributed by atoms with Crippen molar-refractivity contribution in [3.05, 3.63) is 57.9 Å². The molecule has 0 atom stereocenters. The van der Waals surface area contributed by atoms with Crippen LogP contribution in [0.1, 0.15) is 21.5 Å². The normalized spacial score (nSPS) is 11.8. The molecule has 0 N–H and O–H groups in total. The van der Waals surface area contributed by atoms with E-state index >= 15 is 0 Å². The lowest BCUT2D eigenvalue weighted by Crippen LogP contribution is -2.22. The quantitative estimate of drug-likeness (QED) is 0.491. The molecule has 0 bridgehead atoms. The van der Waals surface area contributed by atoms with Gasteiger partial charge in [-0.1, -0.05) is 23.5 Å². The zero-order valence-electron chi connectivity index (χ0n) is 15.6. The lowest BCUT2D eigenvalue weighted by Gasteiger charge is -2.05. The molecule has 0 saturated heterocycles. The third-order valence-corrected chi connectivity index (χ3v) is 6.10. The van der Waals surface area contributed by atoms with Gasteiger partial charge >= 0.3 is 5.97 Å². The highest BCUT2D eigenvalue weighted by molar-refractivity contribution is 7.98. The fraction of sp³-hybridized carbons (Fsp3) is 0.250. The van der Waals surface area contributed by atoms with E-state index in [4.69, 9.17) is 4.74 Å². The summed E-state index contributed by atoms with van der Waals surface area (Å²) in [6.07, 6.45) is 1.96. The first-order valence-corrected chi connectivity index (χ1v) is 10.4. The summed E-state index contributed by atoms with van der Waals surface area (Å²) < 4.78 is 7.58. The summed E-state index contributed by atoms with van der Waals surface area (Å²) >= 11 is 2.98. The largest absolute Gasteiger partial charge is 0.468 e. The molecule has 0 unspecified atom stereocenters. The molecule has 1 amide bonds. The number of amides is 1. The van der Waals surface area contributed by atoms with Gasteiger partial charge in [-0.05, 0) is 55.5 Å². The van der Waals surface area contributed by atoms with Gasteiger partial charge in [-0.25, -0.2) is 0 Å². The van der Waals surface area contributed by atoms with Crippen LogP contribution in [0.15, 0.2) is 46.3 Å². The van der Waals surface area contributed by atoms with Crippen LogP contribution in [0, 0.1) is 13.8 Å². The number of thioether (sulfide) groups is 1. The summed E-state index contributed by atoms with van der Waals surface area (Å²) in [7, 11) is 1.35. The second-order valence-corrected chi connectivity index (χ2v) is 7.98. The Kier molecular flexibility index (Phi) is 5.82. The van der Waals surface area contributed by atoms with Crippen molar-refractivity contribution >= 4 is 45.2 Å². The number of hydrogen-bond acceptors (Lipinski definition) is 5. The minimum atomic E-state index is -0.382. The summed E-state index contributed by atoms with van der Waals surface area (Å²) in [5.74, 6) is -0.711. The third-order valence-electron chi connectivity index (χ3n) is 4.14. The van der Waals surface area contributed by atoms with E-state index in [1.165, 1.54) is 18.4 Å². The number of aryl methyl sites for hydroxylation is 2. The van der Waals surface area contributed by atoms with E-state index in [9.17, 15) is 9.59 Å². The van der Waals surface area contributed by atoms with Gasteiger partial charge in [0.2, 0.25) is 0 Å². The van der Waals surface area contributed by atoms with Gasteiger partial charge in [0.15, 0.2) is 4.80 Å². The maximum Gasteiger partial charge on any atom is 0.325 e. The maximum atomic E-state index is 12.7. The molecule has 0 spiro atoms. The summed E-state index contributed by atoms with van der Waals surface area (Å²) in [6, 6.07) is 11.4. The van der Waals surface area contributed by atoms with Crippen molar-refractivity contribution in [3.8, 4) is 0 Å². The van der Waals surface area contributed by atoms with E-state index in [-0.39, 0.29) is 18.4 Å². The number of esters is 1. The van der Waals surface area contributed by atoms with Gasteiger partial charge in [-0.15, -0.1) is 11.8 Å². The highest BCUT2D eigenvalue weighted by atomic mass is 32.2. The molecule has 2 aromatic carbocycles. The summed E-state index contributed by atoms with van der Waals surface area (Å²) in [6.45, 7) is 4.03. The average molecular weight is 401 g/mol. The van der Waals surface area contributed by atoms with E-state index in [2.05, 4.69) is 11.1 Å². The summed E-state index contributed by atoms with van der Waals surface area (Å²) in [4.78, 5) is 30.5. The minimum absolute atomic E-state index is 0.0103. The van der Waals surface area contributed by atoms with Crippen LogP contribution in [0.2, 0.25) is 0 Å². The Balaban J connectivity index is 2.18. The minimum Gasteiger partial charge on any atom is -0.468 e. The lowest BCUT2D eigenvalue weighted by atomic mass is 10.1. The Morgan fingerprint density at radius 1 is 1.22 bits per heavy atom. The number of benzene rings is 2. The molecular weight excluding hydrogens is 380 g/mol. The second kappa shape index (κ2) is 8.10. The molecule has 0 fully saturated rings. The van der Waals surface area contributed by atoms with Gasteiger partial charge in [-0.2, -0.15) is 4.99 Å². The van der Waals surface area contributed by atoms with E-state index in [1.807, 2.05) is 44.4 Å². The predicted molar refractivity (Wildman–Crippen MR) is 109 cm³/mol. The number of carbonyl (C=O) groups is 2. The predicted octanol–water partition coefficient (Wildman–Crippen LogP) is 3.96. The van der Waals surface area contributed by atoms with Gasteiger partial charge in [0, 0.05) is 10.5 Å². The van der Waals surface area contributed by atoms with E-state index < -0.39 is 0 Å². The molecule has 7 heteroatoms. The fourth-order valence-corrected chi connectivity index (χ4v) is 4.39. The molecule has 3 aromatic rings. The van der Waals surface area contributed by atoms with Crippen molar-refractivity contribution in [2.24, 2.45) is 4.99 Å². The molecule has 0 radical (unpaired) electrons. The smallest absolute Gasteiger partial charge is 0.325 e. The van der Waals surface area contributed by atoms with Crippen molar-refractivity contribution in [1.29, 1.82) is 0 Å². The number of fused-ring (bicyclic) bond motifs is 1. The summed E-state index contributed by atoms with van der Waals surface area (Å²) in [5, 5.41) is 0. The highest BCUT2D eigenvalue weighted by Gasteiger charge is 2.14. The molecule has 0 saturated carbocycles. The Labute approximate surface area is 165 Å². The Hall–Kier alpha value is -2.38. The number of hydrogen-bond donors (Lipinski definition) is 0. The molecule has 1 heterocycles. The fourth-order valence-electron chi connectivity index (χ4n) is 2.85. The summed E-state index contributed by atoms with van der Waals surface area (Å²) in [5.41, 5.74) is 3.58. The lowest BCUT2D eigenvalue weighted by molar-refractivity contribution is -0.141. The number of aromatic nitrogens is 1. The third kappa shape index (κ3) is 4.14. The van der Waals surface area contributed by atoms with Gasteiger partial charge in [0.25, 0.3) is 5.91 Å². The number of rotatable bonds is 4. The highest BCUT2D eigenvalue weighted by Crippen LogP contribution is 2.24. The molecule has 27 heavy (non-hydrogen) atoms. The van der Waals surface area contributed by atoms with Gasteiger partial charge < -0.3 is 9.30 Å². The molecule has 1 aromatic heterocycles. The van der Waals surface area contributed by atoms with Gasteiger partial charge in [-0.3, -0.25) is 9.59 Å². The number of nitrogens with zero attached hydrogens (tertiary/aromatic N) is 2. The monoisotopic (exact) mass is 400 g/mol. The molecule has 0 aliphatic carbocycles. The van der Waals surface area contributed by atoms with Crippen molar-refractivity contribution in [2.45, 2.75) is 25.3 Å². The van der Waals surface area contributed by atoms with Crippen LogP contribution < -0.4 is 4.80 Å². The Morgan fingerprint density at radius 3 is 2.70 bits per heavy atom. The van der Waals surface area contributed by atoms with Crippen LogP contribution in [-0.4, -0.2) is 29.8 Å². The average Bonchev–Trinajstić information content (AvgIpc) is 2.99. The van der Waals surface area contributed by atoms with Crippen LogP contribution in [-0.2, 0) is 16.1 Å². The van der Waals surface area contributed by atoms with Crippen LogP contribution in [0.25, 0.3) is 10.2 Å². The molecule has 140 valence electrons. The molecule has 3 rings (SSSR count). The standard InChI is InChI=1S/C20H20N2O3S2/c1-12-8-13(2)18-16(9-12)22(11-17(23)25-3)20(27-18)21-19(24)14-6-5-7-15(10-14)26-4/h5-10H,11H2,1-4H3. The molecule has 0 aliphatic rings. The van der Waals surface area contributed by atoms with E-state index in [0.717, 1.165) is 26.2 Å². The number of ether oxygens (including phenoxy) is 1. The Morgan fingerprint density at radius 2 is 2.00 bits per heavy atom. The number of carbonyl (C=O) groups excluding carboxylic acids is 2. The molecule has 5 nitrogen and oxygen atoms in total. The molecule has 0 aliphatic heterocycles. The second-order valence-electron chi connectivity index (χ2n) is 6.13. The zero-order valence-corrected chi connectivity index (χ0v) is 17.2. The Bertz CT molecular complexity index is 1100. The number of methoxy groups -OCH3 is 1. The van der Waals surface area contributed by atoms with Crippen molar-refractivity contribution in [1.82, 2.24) is 4.57 Å². The van der Waals surface area contributed by atoms with Crippen molar-refractivity contribution < 1.29 is 14.3 Å². The van der Waals surface area contributed by atoms with Crippen LogP contribution in [0.3, 0.4) is 0 Å². The van der Waals surface area contributed by atoms with E-state index in [1.54, 1.807) is 22.4 Å². The first-order chi connectivity index (χ1) is 12.9. The van der Waals surface area contributed by atoms with E-state index in [0.29, 0.717) is 10.4 Å². The van der Waals surface area contributed by atoms with Crippen LogP contribution >= 0.6 is 23.1 Å². The number of thiazole rings is 1. The van der Waals surface area contributed by atoms with Gasteiger partial charge in [0.1, 0.15) is 6.54 Å². The molecular formula is C20H20N2O3S2. The van der Waals surface area contributed by atoms with Gasteiger partial charge in [0.05, 0.1) is 17.3 Å². The first-order valence-electron chi connectivity index (χ1n) is 8.33. The van der Waals surface area contributed by atoms with Crippen LogP contribution in [0.4, 0.5) is 0 Å². The van der Waals surface area contributed by atoms with Crippen LogP contribution in [0.5, 0.6) is 0 Å². The van der Waals surface area contributed by atoms with Crippen molar-refractivity contribution in [2.75, 3.05) is 13.4 Å². The zero-order chi connectivity index (χ0) is 19.6.